The number of ether oxygens (including phenoxy) is 1. The average Bonchev–Trinajstić information content (AvgIpc) is 2.78. The Kier molecular flexibility index (Phi) is 6.15. The van der Waals surface area contributed by atoms with Gasteiger partial charge in [0.1, 0.15) is 11.9 Å². The van der Waals surface area contributed by atoms with E-state index in [1.165, 1.54) is 17.7 Å². The second-order valence-corrected chi connectivity index (χ2v) is 9.50. The number of fused-ring (bicyclic) bond motifs is 1. The summed E-state index contributed by atoms with van der Waals surface area (Å²) in [5, 5.41) is 3.53. The molecule has 2 atom stereocenters. The number of benzene rings is 3. The molecule has 31 heavy (non-hydrogen) atoms. The predicted octanol–water partition coefficient (Wildman–Crippen LogP) is 4.11. The molecule has 0 bridgehead atoms. The fourth-order valence-corrected chi connectivity index (χ4v) is 4.71. The van der Waals surface area contributed by atoms with Crippen LogP contribution in [-0.4, -0.2) is 21.1 Å². The minimum Gasteiger partial charge on any atom is -0.489 e. The van der Waals surface area contributed by atoms with Gasteiger partial charge >= 0.3 is 0 Å². The number of nitrogens with two attached hydrogens (primary N) is 1. The van der Waals surface area contributed by atoms with E-state index in [-0.39, 0.29) is 17.0 Å². The Hall–Kier alpha value is -3.03. The van der Waals surface area contributed by atoms with Crippen LogP contribution in [0.3, 0.4) is 0 Å². The molecule has 4 N–H and O–H groups in total. The van der Waals surface area contributed by atoms with E-state index in [2.05, 4.69) is 29.1 Å². The lowest BCUT2D eigenvalue weighted by atomic mass is 10.0. The number of hydrogen-bond acceptors (Lipinski definition) is 5. The maximum atomic E-state index is 12.7. The SMILES string of the molecule is C[C@@H](NC[C@@H]1CCc2ccc(NS(=O)(=O)c3ccc(N)cc3)cc2O1)c1ccccc1. The Balaban J connectivity index is 1.41. The van der Waals surface area contributed by atoms with Crippen molar-refractivity contribution in [2.45, 2.75) is 36.8 Å². The van der Waals surface area contributed by atoms with Gasteiger partial charge in [-0.3, -0.25) is 4.72 Å². The number of sulfonamides is 1. The highest BCUT2D eigenvalue weighted by Crippen LogP contribution is 2.31. The first-order chi connectivity index (χ1) is 14.9. The molecule has 1 heterocycles. The van der Waals surface area contributed by atoms with Crippen LogP contribution in [0.5, 0.6) is 5.75 Å². The van der Waals surface area contributed by atoms with Gasteiger partial charge in [0.2, 0.25) is 0 Å². The third-order valence-corrected chi connectivity index (χ3v) is 6.89. The third kappa shape index (κ3) is 5.18. The number of hydrogen-bond donors (Lipinski definition) is 3. The second-order valence-electron chi connectivity index (χ2n) is 7.82. The molecule has 0 saturated heterocycles. The van der Waals surface area contributed by atoms with Gasteiger partial charge < -0.3 is 15.8 Å². The Bertz CT molecular complexity index is 1130. The van der Waals surface area contributed by atoms with E-state index in [1.807, 2.05) is 24.3 Å². The van der Waals surface area contributed by atoms with Crippen molar-refractivity contribution < 1.29 is 13.2 Å². The number of nitrogen functional groups attached to an aromatic ring is 1. The normalized spacial score (nSPS) is 16.7. The summed E-state index contributed by atoms with van der Waals surface area (Å²) >= 11 is 0. The molecular weight excluding hydrogens is 410 g/mol. The first kappa shape index (κ1) is 21.2. The van der Waals surface area contributed by atoms with Gasteiger partial charge in [-0.1, -0.05) is 36.4 Å². The smallest absolute Gasteiger partial charge is 0.261 e. The lowest BCUT2D eigenvalue weighted by molar-refractivity contribution is 0.167. The van der Waals surface area contributed by atoms with E-state index in [0.717, 1.165) is 30.7 Å². The molecule has 0 saturated carbocycles. The molecule has 3 aromatic rings. The van der Waals surface area contributed by atoms with Crippen LogP contribution in [0.15, 0.2) is 77.7 Å². The van der Waals surface area contributed by atoms with Gasteiger partial charge in [0, 0.05) is 24.3 Å². The molecule has 3 aromatic carbocycles. The van der Waals surface area contributed by atoms with E-state index in [4.69, 9.17) is 10.5 Å². The Morgan fingerprint density at radius 1 is 1.06 bits per heavy atom. The monoisotopic (exact) mass is 437 g/mol. The summed E-state index contributed by atoms with van der Waals surface area (Å²) in [6.45, 7) is 2.85. The Labute approximate surface area is 183 Å². The summed E-state index contributed by atoms with van der Waals surface area (Å²) < 4.78 is 34.1. The van der Waals surface area contributed by atoms with Crippen molar-refractivity contribution in [2.24, 2.45) is 0 Å². The highest BCUT2D eigenvalue weighted by molar-refractivity contribution is 7.92. The zero-order valence-electron chi connectivity index (χ0n) is 17.4. The van der Waals surface area contributed by atoms with Crippen molar-refractivity contribution in [3.05, 3.63) is 83.9 Å². The molecule has 4 rings (SSSR count). The lowest BCUT2D eigenvalue weighted by Gasteiger charge is -2.28. The summed E-state index contributed by atoms with van der Waals surface area (Å²) in [7, 11) is -3.70. The van der Waals surface area contributed by atoms with Crippen LogP contribution in [0.1, 0.15) is 30.5 Å². The number of nitrogens with one attached hydrogen (secondary N) is 2. The average molecular weight is 438 g/mol. The summed E-state index contributed by atoms with van der Waals surface area (Å²) in [4.78, 5) is 0.164. The van der Waals surface area contributed by atoms with Gasteiger partial charge in [-0.25, -0.2) is 8.42 Å². The Morgan fingerprint density at radius 2 is 1.81 bits per heavy atom. The highest BCUT2D eigenvalue weighted by atomic mass is 32.2. The predicted molar refractivity (Wildman–Crippen MR) is 124 cm³/mol. The number of aryl methyl sites for hydroxylation is 1. The summed E-state index contributed by atoms with van der Waals surface area (Å²) in [5.74, 6) is 0.725. The van der Waals surface area contributed by atoms with Crippen molar-refractivity contribution in [3.8, 4) is 5.75 Å². The summed E-state index contributed by atoms with van der Waals surface area (Å²) in [6.07, 6.45) is 1.84. The maximum absolute atomic E-state index is 12.7. The van der Waals surface area contributed by atoms with Crippen molar-refractivity contribution in [1.29, 1.82) is 0 Å². The fraction of sp³-hybridized carbons (Fsp3) is 0.250. The fourth-order valence-electron chi connectivity index (χ4n) is 3.66. The molecule has 162 valence electrons. The molecule has 0 spiro atoms. The largest absolute Gasteiger partial charge is 0.489 e. The van der Waals surface area contributed by atoms with Gasteiger partial charge in [-0.05, 0) is 61.2 Å². The first-order valence-corrected chi connectivity index (χ1v) is 11.9. The minimum atomic E-state index is -3.70. The zero-order chi connectivity index (χ0) is 21.8. The van der Waals surface area contributed by atoms with Crippen LogP contribution < -0.4 is 20.5 Å². The molecule has 0 fully saturated rings. The van der Waals surface area contributed by atoms with E-state index in [0.29, 0.717) is 11.4 Å². The topological polar surface area (TPSA) is 93.5 Å². The van der Waals surface area contributed by atoms with E-state index < -0.39 is 10.0 Å². The van der Waals surface area contributed by atoms with Crippen molar-refractivity contribution in [2.75, 3.05) is 17.0 Å². The zero-order valence-corrected chi connectivity index (χ0v) is 18.2. The molecule has 0 radical (unpaired) electrons. The van der Waals surface area contributed by atoms with Gasteiger partial charge in [-0.2, -0.15) is 0 Å². The highest BCUT2D eigenvalue weighted by Gasteiger charge is 2.22. The van der Waals surface area contributed by atoms with Crippen LogP contribution in [0, 0.1) is 0 Å². The maximum Gasteiger partial charge on any atom is 0.261 e. The molecule has 6 nitrogen and oxygen atoms in total. The number of rotatable bonds is 7. The van der Waals surface area contributed by atoms with Crippen molar-refractivity contribution in [1.82, 2.24) is 5.32 Å². The molecule has 7 heteroatoms. The number of anilines is 2. The van der Waals surface area contributed by atoms with Gasteiger partial charge in [0.25, 0.3) is 10.0 Å². The molecule has 1 aliphatic heterocycles. The van der Waals surface area contributed by atoms with Crippen LogP contribution in [0.25, 0.3) is 0 Å². The van der Waals surface area contributed by atoms with Crippen molar-refractivity contribution >= 4 is 21.4 Å². The van der Waals surface area contributed by atoms with Gasteiger partial charge in [0.15, 0.2) is 0 Å². The summed E-state index contributed by atoms with van der Waals surface area (Å²) in [6, 6.07) is 22.1. The van der Waals surface area contributed by atoms with Gasteiger partial charge in [-0.15, -0.1) is 0 Å². The van der Waals surface area contributed by atoms with Gasteiger partial charge in [0.05, 0.1) is 10.6 Å². The van der Waals surface area contributed by atoms with E-state index >= 15 is 0 Å². The summed E-state index contributed by atoms with van der Waals surface area (Å²) in [5.41, 5.74) is 8.96. The first-order valence-electron chi connectivity index (χ1n) is 10.4. The Morgan fingerprint density at radius 3 is 2.55 bits per heavy atom. The van der Waals surface area contributed by atoms with Crippen LogP contribution in [0.4, 0.5) is 11.4 Å². The second kappa shape index (κ2) is 8.99. The van der Waals surface area contributed by atoms with Crippen molar-refractivity contribution in [3.63, 3.8) is 0 Å². The van der Waals surface area contributed by atoms with E-state index in [9.17, 15) is 8.42 Å². The minimum absolute atomic E-state index is 0.0302. The van der Waals surface area contributed by atoms with Crippen LogP contribution in [0.2, 0.25) is 0 Å². The molecular formula is C24H27N3O3S. The molecule has 0 aromatic heterocycles. The third-order valence-electron chi connectivity index (χ3n) is 5.49. The molecule has 0 amide bonds. The van der Waals surface area contributed by atoms with E-state index in [1.54, 1.807) is 24.3 Å². The lowest BCUT2D eigenvalue weighted by Crippen LogP contribution is -2.35. The van der Waals surface area contributed by atoms with Crippen LogP contribution >= 0.6 is 0 Å². The molecule has 0 unspecified atom stereocenters. The van der Waals surface area contributed by atoms with Crippen LogP contribution in [-0.2, 0) is 16.4 Å². The molecule has 1 aliphatic rings. The molecule has 0 aliphatic carbocycles. The quantitative estimate of drug-likeness (QED) is 0.484. The standard InChI is InChI=1S/C24H27N3O3S/c1-17(18-5-3-2-4-6-18)26-16-22-12-8-19-7-11-21(15-24(19)30-22)27-31(28,29)23-13-9-20(25)10-14-23/h2-7,9-11,13-15,17,22,26-27H,8,12,16,25H2,1H3/t17-,22+/m1/s1.